The number of hydrogen-bond acceptors (Lipinski definition) is 4. The smallest absolute Gasteiger partial charge is 0.211 e. The van der Waals surface area contributed by atoms with Crippen LogP contribution in [0.25, 0.3) is 0 Å². The Morgan fingerprint density at radius 3 is 2.75 bits per heavy atom. The Hall–Kier alpha value is -0.920. The summed E-state index contributed by atoms with van der Waals surface area (Å²) in [5, 5.41) is 0. The summed E-state index contributed by atoms with van der Waals surface area (Å²) in [7, 11) is -3.21. The van der Waals surface area contributed by atoms with Gasteiger partial charge in [0.15, 0.2) is 0 Å². The quantitative estimate of drug-likeness (QED) is 0.803. The number of sulfonamides is 1. The lowest BCUT2D eigenvalue weighted by Gasteiger charge is -2.21. The van der Waals surface area contributed by atoms with Crippen molar-refractivity contribution in [3.05, 3.63) is 18.2 Å². The van der Waals surface area contributed by atoms with Crippen LogP contribution in [0.1, 0.15) is 18.7 Å². The highest BCUT2D eigenvalue weighted by Crippen LogP contribution is 2.29. The number of aromatic nitrogens is 2. The summed E-state index contributed by atoms with van der Waals surface area (Å²) in [6.45, 7) is 3.05. The van der Waals surface area contributed by atoms with Crippen LogP contribution in [-0.4, -0.2) is 48.3 Å². The largest absolute Gasteiger partial charge is 0.381 e. The fraction of sp³-hybridized carbons (Fsp3) is 0.769. The third-order valence-corrected chi connectivity index (χ3v) is 5.13. The molecule has 0 N–H and O–H groups in total. The summed E-state index contributed by atoms with van der Waals surface area (Å²) in [6.07, 6.45) is 7.43. The van der Waals surface area contributed by atoms with Gasteiger partial charge in [-0.15, -0.1) is 0 Å². The van der Waals surface area contributed by atoms with Crippen molar-refractivity contribution < 1.29 is 13.2 Å². The van der Waals surface area contributed by atoms with Gasteiger partial charge in [-0.25, -0.2) is 13.4 Å². The summed E-state index contributed by atoms with van der Waals surface area (Å²) in [6, 6.07) is 0. The molecule has 0 unspecified atom stereocenters. The molecule has 1 aliphatic heterocycles. The topological polar surface area (TPSA) is 64.4 Å². The molecule has 2 heterocycles. The predicted molar refractivity (Wildman–Crippen MR) is 74.5 cm³/mol. The molecular formula is C13H21N3O3S. The molecule has 0 radical (unpaired) electrons. The molecule has 7 heteroatoms. The molecule has 6 nitrogen and oxygen atoms in total. The average molecular weight is 299 g/mol. The van der Waals surface area contributed by atoms with E-state index in [-0.39, 0.29) is 5.92 Å². The van der Waals surface area contributed by atoms with E-state index in [1.807, 2.05) is 10.8 Å². The van der Waals surface area contributed by atoms with Gasteiger partial charge in [0.2, 0.25) is 10.0 Å². The Bertz CT molecular complexity index is 565. The van der Waals surface area contributed by atoms with E-state index in [0.29, 0.717) is 19.7 Å². The first-order valence-corrected chi connectivity index (χ1v) is 8.90. The lowest BCUT2D eigenvalue weighted by atomic mass is 10.1. The molecule has 1 saturated carbocycles. The van der Waals surface area contributed by atoms with Gasteiger partial charge in [-0.2, -0.15) is 4.31 Å². The minimum atomic E-state index is -3.21. The Balaban J connectivity index is 1.69. The van der Waals surface area contributed by atoms with Crippen molar-refractivity contribution in [2.24, 2.45) is 11.8 Å². The maximum atomic E-state index is 11.9. The molecule has 3 rings (SSSR count). The molecule has 1 aromatic rings. The van der Waals surface area contributed by atoms with Crippen LogP contribution in [0.4, 0.5) is 0 Å². The van der Waals surface area contributed by atoms with Crippen molar-refractivity contribution in [3.63, 3.8) is 0 Å². The second-order valence-corrected chi connectivity index (χ2v) is 7.88. The predicted octanol–water partition coefficient (Wildman–Crippen LogP) is 0.701. The van der Waals surface area contributed by atoms with Crippen molar-refractivity contribution in [1.29, 1.82) is 0 Å². The third kappa shape index (κ3) is 3.39. The number of nitrogens with zero attached hydrogens (tertiary/aromatic N) is 3. The number of fused-ring (bicyclic) bond motifs is 1. The molecule has 0 aromatic carbocycles. The van der Waals surface area contributed by atoms with Crippen LogP contribution in [0.5, 0.6) is 0 Å². The van der Waals surface area contributed by atoms with E-state index in [4.69, 9.17) is 4.74 Å². The van der Waals surface area contributed by atoms with Crippen LogP contribution in [0.3, 0.4) is 0 Å². The zero-order valence-corrected chi connectivity index (χ0v) is 12.6. The molecule has 0 spiro atoms. The van der Waals surface area contributed by atoms with Gasteiger partial charge in [0.1, 0.15) is 5.82 Å². The van der Waals surface area contributed by atoms with Crippen molar-refractivity contribution in [1.82, 2.24) is 13.9 Å². The number of hydrogen-bond donors (Lipinski definition) is 0. The fourth-order valence-electron chi connectivity index (χ4n) is 2.55. The van der Waals surface area contributed by atoms with E-state index in [2.05, 4.69) is 4.98 Å². The maximum absolute atomic E-state index is 11.9. The molecular weight excluding hydrogens is 278 g/mol. The molecule has 1 atom stereocenters. The van der Waals surface area contributed by atoms with Crippen LogP contribution in [0.2, 0.25) is 0 Å². The molecule has 2 aliphatic rings. The highest BCUT2D eigenvalue weighted by atomic mass is 32.2. The summed E-state index contributed by atoms with van der Waals surface area (Å²) in [5.74, 6) is 1.72. The molecule has 0 amide bonds. The molecule has 1 aromatic heterocycles. The van der Waals surface area contributed by atoms with Gasteiger partial charge in [-0.3, -0.25) is 0 Å². The van der Waals surface area contributed by atoms with Gasteiger partial charge in [0.05, 0.1) is 19.4 Å². The molecule has 20 heavy (non-hydrogen) atoms. The Morgan fingerprint density at radius 2 is 2.05 bits per heavy atom. The number of rotatable bonds is 5. The fourth-order valence-corrected chi connectivity index (χ4v) is 3.38. The van der Waals surface area contributed by atoms with Gasteiger partial charge >= 0.3 is 0 Å². The molecule has 0 bridgehead atoms. The first kappa shape index (κ1) is 14.0. The summed E-state index contributed by atoms with van der Waals surface area (Å²) in [4.78, 5) is 4.25. The van der Waals surface area contributed by atoms with E-state index >= 15 is 0 Å². The summed E-state index contributed by atoms with van der Waals surface area (Å²) >= 11 is 0. The zero-order valence-electron chi connectivity index (χ0n) is 11.7. The Kier molecular flexibility index (Phi) is 3.83. The van der Waals surface area contributed by atoms with Gasteiger partial charge in [0, 0.05) is 38.0 Å². The molecule has 112 valence electrons. The second-order valence-electron chi connectivity index (χ2n) is 5.90. The van der Waals surface area contributed by atoms with Crippen molar-refractivity contribution >= 4 is 10.0 Å². The van der Waals surface area contributed by atoms with E-state index in [1.54, 1.807) is 6.20 Å². The van der Waals surface area contributed by atoms with Gasteiger partial charge in [-0.1, -0.05) is 0 Å². The Labute approximate surface area is 119 Å². The normalized spacial score (nSPS) is 24.4. The van der Waals surface area contributed by atoms with Gasteiger partial charge in [0.25, 0.3) is 0 Å². The highest BCUT2D eigenvalue weighted by molar-refractivity contribution is 7.88. The van der Waals surface area contributed by atoms with Crippen LogP contribution in [0.15, 0.2) is 12.4 Å². The summed E-state index contributed by atoms with van der Waals surface area (Å²) in [5.41, 5.74) is 0. The Morgan fingerprint density at radius 1 is 1.30 bits per heavy atom. The van der Waals surface area contributed by atoms with Gasteiger partial charge < -0.3 is 9.30 Å². The van der Waals surface area contributed by atoms with Crippen molar-refractivity contribution in [3.8, 4) is 0 Å². The highest BCUT2D eigenvalue weighted by Gasteiger charge is 2.28. The standard InChI is InChI=1S/C13H21N3O3S/c1-20(17,18)16-7-12(10-19-9-11-2-3-11)6-15-5-4-14-13(15)8-16/h4-5,11-12H,2-3,6-10H2,1H3/t12-/m0/s1. The lowest BCUT2D eigenvalue weighted by molar-refractivity contribution is 0.0809. The first-order valence-electron chi connectivity index (χ1n) is 7.05. The van der Waals surface area contributed by atoms with Crippen LogP contribution in [0, 0.1) is 11.8 Å². The van der Waals surface area contributed by atoms with Crippen LogP contribution < -0.4 is 0 Å². The second kappa shape index (κ2) is 5.46. The van der Waals surface area contributed by atoms with Gasteiger partial charge in [-0.05, 0) is 18.8 Å². The third-order valence-electron chi connectivity index (χ3n) is 3.91. The first-order chi connectivity index (χ1) is 9.52. The van der Waals surface area contributed by atoms with E-state index in [9.17, 15) is 8.42 Å². The summed E-state index contributed by atoms with van der Waals surface area (Å²) < 4.78 is 33.0. The van der Waals surface area contributed by atoms with Crippen LogP contribution in [-0.2, 0) is 27.8 Å². The van der Waals surface area contributed by atoms with E-state index in [1.165, 1.54) is 23.4 Å². The van der Waals surface area contributed by atoms with E-state index < -0.39 is 10.0 Å². The number of imidazole rings is 1. The molecule has 1 fully saturated rings. The minimum Gasteiger partial charge on any atom is -0.381 e. The number of ether oxygens (including phenoxy) is 1. The van der Waals surface area contributed by atoms with E-state index in [0.717, 1.165) is 24.9 Å². The average Bonchev–Trinajstić information content (AvgIpc) is 3.12. The minimum absolute atomic E-state index is 0.180. The van der Waals surface area contributed by atoms with Crippen molar-refractivity contribution in [2.75, 3.05) is 26.0 Å². The SMILES string of the molecule is CS(=O)(=O)N1Cc2nccn2C[C@H](COCC2CC2)C1. The molecule has 1 aliphatic carbocycles. The van der Waals surface area contributed by atoms with Crippen molar-refractivity contribution in [2.45, 2.75) is 25.9 Å². The molecule has 0 saturated heterocycles. The monoisotopic (exact) mass is 299 g/mol. The zero-order chi connectivity index (χ0) is 14.2. The van der Waals surface area contributed by atoms with Crippen LogP contribution >= 0.6 is 0 Å². The maximum Gasteiger partial charge on any atom is 0.211 e. The lowest BCUT2D eigenvalue weighted by Crippen LogP contribution is -2.34.